The van der Waals surface area contributed by atoms with E-state index in [1.807, 2.05) is 0 Å². The molecule has 1 unspecified atom stereocenters. The zero-order valence-corrected chi connectivity index (χ0v) is 19.7. The molecule has 0 bridgehead atoms. The number of halogens is 2. The topological polar surface area (TPSA) is 95.9 Å². The zero-order valence-electron chi connectivity index (χ0n) is 17.3. The lowest BCUT2D eigenvalue weighted by atomic mass is 9.98. The summed E-state index contributed by atoms with van der Waals surface area (Å²) in [7, 11) is -7.81. The Morgan fingerprint density at radius 3 is 2.39 bits per heavy atom. The lowest BCUT2D eigenvalue weighted by Gasteiger charge is -2.23. The Kier molecular flexibility index (Phi) is 6.17. The Balaban J connectivity index is 1.86. The summed E-state index contributed by atoms with van der Waals surface area (Å²) in [5, 5.41) is 4.57. The molecular weight excluding hydrogens is 489 g/mol. The van der Waals surface area contributed by atoms with Gasteiger partial charge in [0.1, 0.15) is 5.82 Å². The van der Waals surface area contributed by atoms with Crippen molar-refractivity contribution in [3.05, 3.63) is 94.8 Å². The van der Waals surface area contributed by atoms with Gasteiger partial charge in [-0.1, -0.05) is 54.1 Å². The number of nitrogens with zero attached hydrogens (tertiary/aromatic N) is 2. The second-order valence-electron chi connectivity index (χ2n) is 7.44. The molecule has 0 amide bonds. The molecule has 1 aliphatic heterocycles. The van der Waals surface area contributed by atoms with E-state index in [2.05, 4.69) is 9.82 Å². The molecule has 4 rings (SSSR count). The number of hydrogen-bond acceptors (Lipinski definition) is 5. The molecule has 0 fully saturated rings. The molecule has 33 heavy (non-hydrogen) atoms. The molecule has 0 aliphatic carbocycles. The highest BCUT2D eigenvalue weighted by Gasteiger charge is 2.39. The van der Waals surface area contributed by atoms with Crippen molar-refractivity contribution in [2.24, 2.45) is 5.10 Å². The first-order valence-electron chi connectivity index (χ1n) is 9.75. The van der Waals surface area contributed by atoms with Crippen molar-refractivity contribution >= 4 is 43.0 Å². The van der Waals surface area contributed by atoms with Crippen molar-refractivity contribution in [1.82, 2.24) is 4.41 Å². The van der Waals surface area contributed by atoms with Crippen molar-refractivity contribution in [3.63, 3.8) is 0 Å². The van der Waals surface area contributed by atoms with Crippen LogP contribution in [0.4, 0.5) is 10.1 Å². The first-order valence-corrected chi connectivity index (χ1v) is 13.5. The second-order valence-corrected chi connectivity index (χ2v) is 11.4. The SMILES string of the molecule is CS(=O)(=O)Nc1ccccc1C1=NN(S(=O)(=O)c2cccc(Cl)c2)C(c2ccccc2F)C1. The van der Waals surface area contributed by atoms with Crippen LogP contribution in [0.2, 0.25) is 5.02 Å². The molecule has 1 atom stereocenters. The molecule has 1 heterocycles. The molecule has 3 aromatic rings. The number of para-hydroxylation sites is 1. The molecule has 0 aromatic heterocycles. The van der Waals surface area contributed by atoms with E-state index in [0.717, 1.165) is 10.7 Å². The number of hydrazone groups is 1. The highest BCUT2D eigenvalue weighted by atomic mass is 35.5. The molecule has 11 heteroatoms. The number of nitrogens with one attached hydrogen (secondary N) is 1. The van der Waals surface area contributed by atoms with Gasteiger partial charge in [-0.3, -0.25) is 4.72 Å². The average Bonchev–Trinajstić information content (AvgIpc) is 3.19. The van der Waals surface area contributed by atoms with Crippen molar-refractivity contribution in [3.8, 4) is 0 Å². The van der Waals surface area contributed by atoms with Gasteiger partial charge in [-0.25, -0.2) is 12.8 Å². The third kappa shape index (κ3) is 4.87. The summed E-state index contributed by atoms with van der Waals surface area (Å²) in [6, 6.07) is 17.1. The van der Waals surface area contributed by atoms with Crippen LogP contribution in [0, 0.1) is 5.82 Å². The maximum atomic E-state index is 14.7. The van der Waals surface area contributed by atoms with E-state index in [1.54, 1.807) is 36.4 Å². The number of hydrogen-bond donors (Lipinski definition) is 1. The minimum absolute atomic E-state index is 0.0309. The van der Waals surface area contributed by atoms with Crippen LogP contribution >= 0.6 is 11.6 Å². The zero-order chi connectivity index (χ0) is 23.8. The van der Waals surface area contributed by atoms with Crippen LogP contribution in [-0.2, 0) is 20.0 Å². The minimum Gasteiger partial charge on any atom is -0.283 e. The van der Waals surface area contributed by atoms with Gasteiger partial charge >= 0.3 is 0 Å². The summed E-state index contributed by atoms with van der Waals surface area (Å²) < 4.78 is 68.6. The van der Waals surface area contributed by atoms with Crippen molar-refractivity contribution in [1.29, 1.82) is 0 Å². The summed E-state index contributed by atoms with van der Waals surface area (Å²) in [6.45, 7) is 0. The molecule has 172 valence electrons. The van der Waals surface area contributed by atoms with Gasteiger partial charge in [0.2, 0.25) is 10.0 Å². The Labute approximate surface area is 196 Å². The standard InChI is InChI=1S/C22H19ClFN3O4S2/c1-32(28,29)26-20-12-5-3-10-18(20)21-14-22(17-9-2-4-11-19(17)24)27(25-21)33(30,31)16-8-6-7-15(23)13-16/h2-13,22,26H,14H2,1H3. The Hall–Kier alpha value is -2.95. The maximum Gasteiger partial charge on any atom is 0.279 e. The summed E-state index contributed by atoms with van der Waals surface area (Å²) in [4.78, 5) is -0.0936. The van der Waals surface area contributed by atoms with E-state index in [4.69, 9.17) is 11.6 Å². The van der Waals surface area contributed by atoms with E-state index >= 15 is 0 Å². The number of benzene rings is 3. The Morgan fingerprint density at radius 1 is 1.00 bits per heavy atom. The average molecular weight is 508 g/mol. The quantitative estimate of drug-likeness (QED) is 0.535. The van der Waals surface area contributed by atoms with E-state index in [-0.39, 0.29) is 27.6 Å². The van der Waals surface area contributed by atoms with Crippen LogP contribution in [0.15, 0.2) is 82.8 Å². The van der Waals surface area contributed by atoms with Crippen molar-refractivity contribution in [2.45, 2.75) is 17.4 Å². The molecule has 0 saturated heterocycles. The van der Waals surface area contributed by atoms with Gasteiger partial charge in [-0.15, -0.1) is 0 Å². The van der Waals surface area contributed by atoms with E-state index in [9.17, 15) is 21.2 Å². The van der Waals surface area contributed by atoms with Crippen LogP contribution < -0.4 is 4.72 Å². The lowest BCUT2D eigenvalue weighted by molar-refractivity contribution is 0.362. The van der Waals surface area contributed by atoms with Gasteiger partial charge in [-0.05, 0) is 30.3 Å². The minimum atomic E-state index is -4.21. The molecule has 3 aromatic carbocycles. The smallest absolute Gasteiger partial charge is 0.279 e. The van der Waals surface area contributed by atoms with Gasteiger partial charge in [0.15, 0.2) is 0 Å². The van der Waals surface area contributed by atoms with Crippen LogP contribution in [0.1, 0.15) is 23.6 Å². The Bertz CT molecular complexity index is 1460. The van der Waals surface area contributed by atoms with Gasteiger partial charge in [0.05, 0.1) is 28.6 Å². The van der Waals surface area contributed by atoms with Gasteiger partial charge in [-0.2, -0.15) is 17.9 Å². The highest BCUT2D eigenvalue weighted by molar-refractivity contribution is 7.92. The fraction of sp³-hybridized carbons (Fsp3) is 0.136. The largest absolute Gasteiger partial charge is 0.283 e. The van der Waals surface area contributed by atoms with Crippen molar-refractivity contribution in [2.75, 3.05) is 11.0 Å². The van der Waals surface area contributed by atoms with Crippen LogP contribution in [-0.4, -0.2) is 33.2 Å². The lowest BCUT2D eigenvalue weighted by Crippen LogP contribution is -2.28. The molecular formula is C22H19ClFN3O4S2. The van der Waals surface area contributed by atoms with Crippen LogP contribution in [0.3, 0.4) is 0 Å². The summed E-state index contributed by atoms with van der Waals surface area (Å²) in [6.07, 6.45) is 1.04. The van der Waals surface area contributed by atoms with Crippen LogP contribution in [0.5, 0.6) is 0 Å². The monoisotopic (exact) mass is 507 g/mol. The Morgan fingerprint density at radius 2 is 1.70 bits per heavy atom. The molecule has 0 saturated carbocycles. The van der Waals surface area contributed by atoms with Crippen LogP contribution in [0.25, 0.3) is 0 Å². The van der Waals surface area contributed by atoms with Crippen molar-refractivity contribution < 1.29 is 21.2 Å². The van der Waals surface area contributed by atoms with E-state index in [0.29, 0.717) is 11.3 Å². The third-order valence-electron chi connectivity index (χ3n) is 5.01. The summed E-state index contributed by atoms with van der Waals surface area (Å²) in [5.41, 5.74) is 1.08. The predicted molar refractivity (Wildman–Crippen MR) is 126 cm³/mol. The van der Waals surface area contributed by atoms with Gasteiger partial charge in [0.25, 0.3) is 10.0 Å². The van der Waals surface area contributed by atoms with E-state index in [1.165, 1.54) is 36.4 Å². The molecule has 1 N–H and O–H groups in total. The summed E-state index contributed by atoms with van der Waals surface area (Å²) >= 11 is 6.00. The highest BCUT2D eigenvalue weighted by Crippen LogP contribution is 2.39. The summed E-state index contributed by atoms with van der Waals surface area (Å²) in [5.74, 6) is -0.576. The molecule has 0 spiro atoms. The fourth-order valence-electron chi connectivity index (χ4n) is 3.61. The molecule has 7 nitrogen and oxygen atoms in total. The van der Waals surface area contributed by atoms with Gasteiger partial charge in [0, 0.05) is 22.6 Å². The fourth-order valence-corrected chi connectivity index (χ4v) is 5.91. The first-order chi connectivity index (χ1) is 15.6. The number of anilines is 1. The second kappa shape index (κ2) is 8.77. The first kappa shape index (κ1) is 23.2. The number of rotatable bonds is 6. The molecule has 1 aliphatic rings. The number of sulfonamides is 2. The van der Waals surface area contributed by atoms with E-state index < -0.39 is 31.9 Å². The maximum absolute atomic E-state index is 14.7. The third-order valence-corrected chi connectivity index (χ3v) is 7.51. The molecule has 0 radical (unpaired) electrons. The normalized spacial score (nSPS) is 16.5. The predicted octanol–water partition coefficient (Wildman–Crippen LogP) is 4.39. The van der Waals surface area contributed by atoms with Gasteiger partial charge < -0.3 is 0 Å².